The number of carbonyl (C=O) groups is 1. The summed E-state index contributed by atoms with van der Waals surface area (Å²) in [6.07, 6.45) is 1.12. The lowest BCUT2D eigenvalue weighted by Gasteiger charge is -2.31. The molecule has 0 aliphatic heterocycles. The Bertz CT molecular complexity index is 783. The van der Waals surface area contributed by atoms with Crippen molar-refractivity contribution in [2.45, 2.75) is 39.7 Å². The molecule has 2 unspecified atom stereocenters. The van der Waals surface area contributed by atoms with Gasteiger partial charge in [-0.3, -0.25) is 19.0 Å². The second-order valence-electron chi connectivity index (χ2n) is 6.24. The average Bonchev–Trinajstić information content (AvgIpc) is 2.60. The minimum atomic E-state index is -4.44. The van der Waals surface area contributed by atoms with Crippen LogP contribution in [0.15, 0.2) is 18.2 Å². The molecule has 10 heteroatoms. The van der Waals surface area contributed by atoms with E-state index in [-0.39, 0.29) is 23.4 Å². The van der Waals surface area contributed by atoms with Crippen molar-refractivity contribution in [1.82, 2.24) is 10.2 Å². The minimum absolute atomic E-state index is 0.0486. The highest BCUT2D eigenvalue weighted by molar-refractivity contribution is 7.87. The van der Waals surface area contributed by atoms with E-state index in [0.29, 0.717) is 17.1 Å². The molecule has 0 saturated heterocycles. The van der Waals surface area contributed by atoms with Gasteiger partial charge >= 0.3 is 10.3 Å². The Kier molecular flexibility index (Phi) is 8.45. The smallest absolute Gasteiger partial charge is 0.357 e. The normalized spacial score (nSPS) is 13.4. The van der Waals surface area contributed by atoms with Crippen molar-refractivity contribution in [3.05, 3.63) is 23.8 Å². The monoisotopic (exact) mass is 417 g/mol. The van der Waals surface area contributed by atoms with E-state index in [1.807, 2.05) is 18.6 Å². The maximum absolute atomic E-state index is 12.9. The van der Waals surface area contributed by atoms with Crippen molar-refractivity contribution in [2.75, 3.05) is 18.9 Å². The van der Waals surface area contributed by atoms with Crippen LogP contribution in [0, 0.1) is 5.92 Å². The molecule has 27 heavy (non-hydrogen) atoms. The summed E-state index contributed by atoms with van der Waals surface area (Å²) in [6.45, 7) is 5.69. The Labute approximate surface area is 166 Å². The van der Waals surface area contributed by atoms with Gasteiger partial charge in [0.25, 0.3) is 0 Å². The Morgan fingerprint density at radius 2 is 2.00 bits per heavy atom. The summed E-state index contributed by atoms with van der Waals surface area (Å²) in [5.41, 5.74) is 0.809. The Hall–Kier alpha value is -1.91. The van der Waals surface area contributed by atoms with Crippen molar-refractivity contribution >= 4 is 39.2 Å². The van der Waals surface area contributed by atoms with Gasteiger partial charge in [-0.05, 0) is 49.7 Å². The van der Waals surface area contributed by atoms with Crippen LogP contribution >= 0.6 is 12.2 Å². The van der Waals surface area contributed by atoms with E-state index in [1.54, 1.807) is 31.0 Å². The lowest BCUT2D eigenvalue weighted by Crippen LogP contribution is -2.49. The molecule has 0 radical (unpaired) electrons. The van der Waals surface area contributed by atoms with Gasteiger partial charge in [0, 0.05) is 19.0 Å². The maximum Gasteiger partial charge on any atom is 0.357 e. The molecular formula is C17H27N3O5S2. The highest BCUT2D eigenvalue weighted by Gasteiger charge is 2.27. The Balaban J connectivity index is 3.07. The maximum atomic E-state index is 12.9. The van der Waals surface area contributed by atoms with Crippen LogP contribution < -0.4 is 14.8 Å². The second kappa shape index (κ2) is 9.86. The first-order valence-electron chi connectivity index (χ1n) is 8.50. The van der Waals surface area contributed by atoms with Gasteiger partial charge in [-0.25, -0.2) is 0 Å². The van der Waals surface area contributed by atoms with Gasteiger partial charge in [-0.15, -0.1) is 0 Å². The first-order chi connectivity index (χ1) is 12.5. The number of thiocarbonyl (C=S) groups is 1. The number of benzene rings is 1. The Morgan fingerprint density at radius 3 is 2.48 bits per heavy atom. The Morgan fingerprint density at radius 1 is 1.37 bits per heavy atom. The van der Waals surface area contributed by atoms with E-state index in [9.17, 15) is 13.2 Å². The summed E-state index contributed by atoms with van der Waals surface area (Å²) in [5, 5.41) is 3.21. The predicted octanol–water partition coefficient (Wildman–Crippen LogP) is 2.22. The fourth-order valence-corrected chi connectivity index (χ4v) is 3.31. The summed E-state index contributed by atoms with van der Waals surface area (Å²) in [4.78, 5) is 14.5. The van der Waals surface area contributed by atoms with Crippen LogP contribution in [-0.2, 0) is 21.5 Å². The number of methoxy groups -OCH3 is 1. The summed E-state index contributed by atoms with van der Waals surface area (Å²) in [5.74, 6) is -0.256. The van der Waals surface area contributed by atoms with Crippen molar-refractivity contribution < 1.29 is 22.5 Å². The molecule has 0 spiro atoms. The molecule has 0 saturated carbocycles. The molecule has 1 aromatic carbocycles. The number of hydrogen-bond donors (Lipinski definition) is 3. The zero-order chi connectivity index (χ0) is 20.8. The number of rotatable bonds is 8. The van der Waals surface area contributed by atoms with Gasteiger partial charge in [-0.2, -0.15) is 8.42 Å². The van der Waals surface area contributed by atoms with Crippen LogP contribution in [0.2, 0.25) is 0 Å². The molecule has 1 amide bonds. The summed E-state index contributed by atoms with van der Waals surface area (Å²) < 4.78 is 38.4. The molecule has 0 bridgehead atoms. The zero-order valence-electron chi connectivity index (χ0n) is 16.1. The number of carbonyl (C=O) groups excluding carboxylic acids is 1. The van der Waals surface area contributed by atoms with Crippen molar-refractivity contribution in [2.24, 2.45) is 5.92 Å². The number of nitrogens with zero attached hydrogens (tertiary/aromatic N) is 1. The van der Waals surface area contributed by atoms with Crippen LogP contribution in [0.5, 0.6) is 5.75 Å². The van der Waals surface area contributed by atoms with Crippen LogP contribution in [0.25, 0.3) is 0 Å². The lowest BCUT2D eigenvalue weighted by atomic mass is 9.98. The van der Waals surface area contributed by atoms with E-state index >= 15 is 0 Å². The highest BCUT2D eigenvalue weighted by atomic mass is 32.2. The third-order valence-corrected chi connectivity index (χ3v) is 5.05. The molecule has 0 heterocycles. The number of amides is 1. The van der Waals surface area contributed by atoms with Crippen LogP contribution in [0.4, 0.5) is 5.69 Å². The first kappa shape index (κ1) is 23.1. The highest BCUT2D eigenvalue weighted by Crippen LogP contribution is 2.27. The average molecular weight is 418 g/mol. The van der Waals surface area contributed by atoms with Gasteiger partial charge in [0.1, 0.15) is 5.75 Å². The van der Waals surface area contributed by atoms with E-state index in [0.717, 1.165) is 6.42 Å². The molecule has 3 N–H and O–H groups in total. The van der Waals surface area contributed by atoms with Gasteiger partial charge < -0.3 is 10.1 Å². The fraction of sp³-hybridized carbons (Fsp3) is 0.529. The zero-order valence-corrected chi connectivity index (χ0v) is 17.8. The molecule has 0 fully saturated rings. The van der Waals surface area contributed by atoms with Crippen LogP contribution in [0.3, 0.4) is 0 Å². The molecule has 0 aliphatic rings. The molecule has 0 aromatic heterocycles. The lowest BCUT2D eigenvalue weighted by molar-refractivity contribution is -0.132. The van der Waals surface area contributed by atoms with E-state index < -0.39 is 16.2 Å². The summed E-state index contributed by atoms with van der Waals surface area (Å²) in [7, 11) is -1.38. The van der Waals surface area contributed by atoms with Crippen molar-refractivity contribution in [3.63, 3.8) is 0 Å². The molecule has 8 nitrogen and oxygen atoms in total. The van der Waals surface area contributed by atoms with E-state index in [1.165, 1.54) is 13.2 Å². The van der Waals surface area contributed by atoms with E-state index in [2.05, 4.69) is 5.32 Å². The van der Waals surface area contributed by atoms with Crippen LogP contribution in [-0.4, -0.2) is 49.1 Å². The molecule has 0 aliphatic carbocycles. The van der Waals surface area contributed by atoms with Gasteiger partial charge in [0.2, 0.25) is 5.91 Å². The van der Waals surface area contributed by atoms with Gasteiger partial charge in [-0.1, -0.05) is 19.9 Å². The largest absolute Gasteiger partial charge is 0.495 e. The van der Waals surface area contributed by atoms with Crippen molar-refractivity contribution in [1.29, 1.82) is 0 Å². The second-order valence-corrected chi connectivity index (χ2v) is 7.78. The predicted molar refractivity (Wildman–Crippen MR) is 109 cm³/mol. The van der Waals surface area contributed by atoms with Gasteiger partial charge in [0.05, 0.1) is 12.8 Å². The number of ether oxygens (including phenoxy) is 1. The topological polar surface area (TPSA) is 108 Å². The van der Waals surface area contributed by atoms with Gasteiger partial charge in [0.15, 0.2) is 5.11 Å². The number of anilines is 1. The standard InChI is InChI=1S/C17H27N3O5S2/c1-6-12(3)20(17(26)18-4)16(21)11(2)9-13-7-8-15(25-5)14(10-13)19-27(22,23)24/h7-8,10-12,19H,6,9H2,1-5H3,(H,18,26)(H,22,23,24). The SMILES string of the molecule is CCC(C)N(C(=O)C(C)Cc1ccc(OC)c(NS(=O)(=O)O)c1)C(=S)NC. The minimum Gasteiger partial charge on any atom is -0.495 e. The summed E-state index contributed by atoms with van der Waals surface area (Å²) in [6, 6.07) is 4.79. The van der Waals surface area contributed by atoms with Crippen molar-refractivity contribution in [3.8, 4) is 5.75 Å². The number of nitrogens with one attached hydrogen (secondary N) is 2. The fourth-order valence-electron chi connectivity index (χ4n) is 2.60. The molecular weight excluding hydrogens is 390 g/mol. The first-order valence-corrected chi connectivity index (χ1v) is 10.4. The molecule has 152 valence electrons. The summed E-state index contributed by atoms with van der Waals surface area (Å²) >= 11 is 5.27. The van der Waals surface area contributed by atoms with Crippen LogP contribution in [0.1, 0.15) is 32.8 Å². The molecule has 1 aromatic rings. The quantitative estimate of drug-likeness (QED) is 0.440. The number of hydrogen-bond acceptors (Lipinski definition) is 5. The molecule has 1 rings (SSSR count). The third-order valence-electron chi connectivity index (χ3n) is 4.17. The van der Waals surface area contributed by atoms with E-state index in [4.69, 9.17) is 21.5 Å². The third kappa shape index (κ3) is 6.64. The molecule has 2 atom stereocenters.